The highest BCUT2D eigenvalue weighted by molar-refractivity contribution is 7.99. The molecule has 2 heterocycles. The molecule has 0 bridgehead atoms. The Kier molecular flexibility index (Phi) is 7.15. The maximum absolute atomic E-state index is 13.3. The molecular weight excluding hydrogens is 414 g/mol. The summed E-state index contributed by atoms with van der Waals surface area (Å²) in [6.07, 6.45) is 1.68. The van der Waals surface area contributed by atoms with E-state index in [1.165, 1.54) is 28.7 Å². The molecule has 0 spiro atoms. The third-order valence-electron chi connectivity index (χ3n) is 5.05. The molecule has 2 aromatic heterocycles. The number of hydrogen-bond acceptors (Lipinski definition) is 5. The number of aromatic nitrogens is 2. The maximum atomic E-state index is 13.3. The van der Waals surface area contributed by atoms with E-state index < -0.39 is 0 Å². The van der Waals surface area contributed by atoms with Crippen molar-refractivity contribution in [3.05, 3.63) is 58.2 Å². The second kappa shape index (κ2) is 9.62. The molecule has 30 heavy (non-hydrogen) atoms. The fourth-order valence-corrected chi connectivity index (χ4v) is 4.75. The predicted molar refractivity (Wildman–Crippen MR) is 127 cm³/mol. The van der Waals surface area contributed by atoms with Crippen molar-refractivity contribution in [1.82, 2.24) is 14.9 Å². The average molecular weight is 442 g/mol. The zero-order valence-electron chi connectivity index (χ0n) is 17.8. The van der Waals surface area contributed by atoms with Crippen molar-refractivity contribution in [3.8, 4) is 11.1 Å². The molecule has 0 radical (unpaired) electrons. The van der Waals surface area contributed by atoms with E-state index in [4.69, 9.17) is 4.98 Å². The predicted octanol–water partition coefficient (Wildman–Crippen LogP) is 4.87. The molecule has 0 saturated heterocycles. The van der Waals surface area contributed by atoms with Crippen LogP contribution in [0.3, 0.4) is 0 Å². The van der Waals surface area contributed by atoms with Crippen LogP contribution in [0.15, 0.2) is 52.3 Å². The molecule has 0 saturated carbocycles. The number of thiophene rings is 1. The number of carbonyl (C=O) groups excluding carboxylic acids is 1. The van der Waals surface area contributed by atoms with Crippen molar-refractivity contribution < 1.29 is 4.79 Å². The Labute approximate surface area is 185 Å². The molecule has 1 amide bonds. The number of amides is 1. The Balaban J connectivity index is 1.95. The monoisotopic (exact) mass is 441 g/mol. The van der Waals surface area contributed by atoms with Crippen LogP contribution in [0.4, 0.5) is 0 Å². The zero-order chi connectivity index (χ0) is 21.8. The van der Waals surface area contributed by atoms with E-state index >= 15 is 0 Å². The van der Waals surface area contributed by atoms with Crippen molar-refractivity contribution in [2.75, 3.05) is 5.75 Å². The lowest BCUT2D eigenvalue weighted by Crippen LogP contribution is -2.37. The van der Waals surface area contributed by atoms with Gasteiger partial charge in [0.15, 0.2) is 5.16 Å². The Bertz CT molecular complexity index is 1110. The Morgan fingerprint density at radius 2 is 2.00 bits per heavy atom. The van der Waals surface area contributed by atoms with Gasteiger partial charge in [0.25, 0.3) is 5.56 Å². The number of rotatable bonds is 8. The Morgan fingerprint density at radius 1 is 1.30 bits per heavy atom. The largest absolute Gasteiger partial charge is 0.353 e. The van der Waals surface area contributed by atoms with Crippen LogP contribution in [0.5, 0.6) is 0 Å². The van der Waals surface area contributed by atoms with Crippen LogP contribution >= 0.6 is 23.1 Å². The van der Waals surface area contributed by atoms with Gasteiger partial charge in [0.2, 0.25) is 5.91 Å². The molecule has 7 heteroatoms. The minimum absolute atomic E-state index is 0.0628. The van der Waals surface area contributed by atoms with Crippen LogP contribution in [0.2, 0.25) is 0 Å². The van der Waals surface area contributed by atoms with E-state index in [1.807, 2.05) is 43.5 Å². The lowest BCUT2D eigenvalue weighted by molar-refractivity contribution is -0.119. The van der Waals surface area contributed by atoms with E-state index in [0.29, 0.717) is 27.8 Å². The highest BCUT2D eigenvalue weighted by Crippen LogP contribution is 2.32. The minimum Gasteiger partial charge on any atom is -0.353 e. The average Bonchev–Trinajstić information content (AvgIpc) is 3.13. The van der Waals surface area contributed by atoms with Crippen molar-refractivity contribution >= 4 is 39.2 Å². The SMILES string of the molecule is C=CCn1c(SCC(=O)NC(C)C(C)C)nc2scc(-c3ccc(C)cc3)c2c1=O. The molecule has 5 nitrogen and oxygen atoms in total. The number of aryl methyl sites for hydroxylation is 1. The van der Waals surface area contributed by atoms with Gasteiger partial charge < -0.3 is 5.32 Å². The number of nitrogens with zero attached hydrogens (tertiary/aromatic N) is 2. The van der Waals surface area contributed by atoms with Crippen LogP contribution in [-0.4, -0.2) is 27.3 Å². The molecule has 158 valence electrons. The number of nitrogens with one attached hydrogen (secondary N) is 1. The first kappa shape index (κ1) is 22.3. The smallest absolute Gasteiger partial charge is 0.263 e. The molecule has 0 aliphatic heterocycles. The topological polar surface area (TPSA) is 64.0 Å². The standard InChI is InChI=1S/C23H27N3O2S2/c1-6-11-26-22(28)20-18(17-9-7-15(4)8-10-17)12-29-21(20)25-23(26)30-13-19(27)24-16(5)14(2)3/h6-10,12,14,16H,1,11,13H2,2-5H3,(H,24,27). The van der Waals surface area contributed by atoms with E-state index in [9.17, 15) is 9.59 Å². The van der Waals surface area contributed by atoms with Crippen LogP contribution in [0, 0.1) is 12.8 Å². The van der Waals surface area contributed by atoms with Gasteiger partial charge in [-0.2, -0.15) is 0 Å². The van der Waals surface area contributed by atoms with Crippen LogP contribution in [-0.2, 0) is 11.3 Å². The molecule has 1 aromatic carbocycles. The first-order valence-electron chi connectivity index (χ1n) is 9.94. The van der Waals surface area contributed by atoms with E-state index in [1.54, 1.807) is 10.6 Å². The summed E-state index contributed by atoms with van der Waals surface area (Å²) in [5.41, 5.74) is 2.96. The summed E-state index contributed by atoms with van der Waals surface area (Å²) in [6, 6.07) is 8.22. The summed E-state index contributed by atoms with van der Waals surface area (Å²) in [6.45, 7) is 12.3. The number of allylic oxidation sites excluding steroid dienone is 1. The lowest BCUT2D eigenvalue weighted by Gasteiger charge is -2.17. The van der Waals surface area contributed by atoms with Crippen LogP contribution in [0.25, 0.3) is 21.3 Å². The molecule has 3 aromatic rings. The summed E-state index contributed by atoms with van der Waals surface area (Å²) >= 11 is 2.74. The van der Waals surface area contributed by atoms with E-state index in [0.717, 1.165) is 11.1 Å². The quantitative estimate of drug-likeness (QED) is 0.308. The van der Waals surface area contributed by atoms with Crippen molar-refractivity contribution in [1.29, 1.82) is 0 Å². The van der Waals surface area contributed by atoms with Gasteiger partial charge >= 0.3 is 0 Å². The van der Waals surface area contributed by atoms with Gasteiger partial charge in [-0.3, -0.25) is 14.2 Å². The molecule has 3 rings (SSSR count). The molecular formula is C23H27N3O2S2. The van der Waals surface area contributed by atoms with Crippen molar-refractivity contribution in [2.24, 2.45) is 5.92 Å². The van der Waals surface area contributed by atoms with E-state index in [2.05, 4.69) is 25.7 Å². The molecule has 1 unspecified atom stereocenters. The third kappa shape index (κ3) is 4.84. The first-order chi connectivity index (χ1) is 14.3. The zero-order valence-corrected chi connectivity index (χ0v) is 19.4. The highest BCUT2D eigenvalue weighted by atomic mass is 32.2. The fraction of sp³-hybridized carbons (Fsp3) is 0.348. The summed E-state index contributed by atoms with van der Waals surface area (Å²) in [4.78, 5) is 31.1. The fourth-order valence-electron chi connectivity index (χ4n) is 2.94. The summed E-state index contributed by atoms with van der Waals surface area (Å²) in [5, 5.41) is 6.13. The van der Waals surface area contributed by atoms with Gasteiger partial charge in [0.1, 0.15) is 4.83 Å². The third-order valence-corrected chi connectivity index (χ3v) is 6.90. The number of carbonyl (C=O) groups is 1. The summed E-state index contributed by atoms with van der Waals surface area (Å²) in [7, 11) is 0. The molecule has 1 N–H and O–H groups in total. The van der Waals surface area contributed by atoms with Crippen LogP contribution in [0.1, 0.15) is 26.3 Å². The molecule has 0 aliphatic rings. The van der Waals surface area contributed by atoms with Gasteiger partial charge in [-0.15, -0.1) is 17.9 Å². The minimum atomic E-state index is -0.102. The van der Waals surface area contributed by atoms with Crippen molar-refractivity contribution in [2.45, 2.75) is 45.4 Å². The number of benzene rings is 1. The van der Waals surface area contributed by atoms with Crippen molar-refractivity contribution in [3.63, 3.8) is 0 Å². The number of fused-ring (bicyclic) bond motifs is 1. The number of hydrogen-bond donors (Lipinski definition) is 1. The second-order valence-corrected chi connectivity index (χ2v) is 9.48. The normalized spacial score (nSPS) is 12.3. The Morgan fingerprint density at radius 3 is 2.63 bits per heavy atom. The lowest BCUT2D eigenvalue weighted by atomic mass is 10.1. The Hall–Kier alpha value is -2.38. The second-order valence-electron chi connectivity index (χ2n) is 7.68. The summed E-state index contributed by atoms with van der Waals surface area (Å²) in [5.74, 6) is 0.508. The molecule has 0 aliphatic carbocycles. The maximum Gasteiger partial charge on any atom is 0.263 e. The van der Waals surface area contributed by atoms with Gasteiger partial charge in [0, 0.05) is 23.5 Å². The van der Waals surface area contributed by atoms with Gasteiger partial charge in [-0.1, -0.05) is 61.5 Å². The van der Waals surface area contributed by atoms with Gasteiger partial charge in [0.05, 0.1) is 11.1 Å². The van der Waals surface area contributed by atoms with Crippen LogP contribution < -0.4 is 10.9 Å². The molecule has 1 atom stereocenters. The van der Waals surface area contributed by atoms with Gasteiger partial charge in [-0.05, 0) is 25.3 Å². The first-order valence-corrected chi connectivity index (χ1v) is 11.8. The summed E-state index contributed by atoms with van der Waals surface area (Å²) < 4.78 is 1.60. The van der Waals surface area contributed by atoms with Gasteiger partial charge in [-0.25, -0.2) is 4.98 Å². The van der Waals surface area contributed by atoms with E-state index in [-0.39, 0.29) is 23.3 Å². The highest BCUT2D eigenvalue weighted by Gasteiger charge is 2.18. The molecule has 0 fully saturated rings. The number of thioether (sulfide) groups is 1.